The van der Waals surface area contributed by atoms with E-state index < -0.39 is 0 Å². The molecule has 0 amide bonds. The molecule has 0 saturated heterocycles. The van der Waals surface area contributed by atoms with E-state index >= 15 is 0 Å². The highest BCUT2D eigenvalue weighted by molar-refractivity contribution is 5.87. The Morgan fingerprint density at radius 1 is 1.26 bits per heavy atom. The fraction of sp³-hybridized carbons (Fsp3) is 0.412. The zero-order chi connectivity index (χ0) is 13.4. The van der Waals surface area contributed by atoms with Crippen LogP contribution in [0.5, 0.6) is 0 Å². The number of fused-ring (bicyclic) bond motifs is 3. The van der Waals surface area contributed by atoms with Crippen molar-refractivity contribution in [3.8, 4) is 0 Å². The van der Waals surface area contributed by atoms with Gasteiger partial charge in [0.1, 0.15) is 0 Å². The van der Waals surface area contributed by atoms with Crippen molar-refractivity contribution in [3.05, 3.63) is 47.5 Å². The van der Waals surface area contributed by atoms with Crippen LogP contribution in [0.2, 0.25) is 0 Å². The zero-order valence-electron chi connectivity index (χ0n) is 11.8. The van der Waals surface area contributed by atoms with Gasteiger partial charge in [-0.3, -0.25) is 4.90 Å². The van der Waals surface area contributed by atoms with Gasteiger partial charge in [-0.25, -0.2) is 0 Å². The largest absolute Gasteiger partial charge is 0.329 e. The highest BCUT2D eigenvalue weighted by Crippen LogP contribution is 2.38. The lowest BCUT2D eigenvalue weighted by atomic mass is 9.98. The van der Waals surface area contributed by atoms with Crippen molar-refractivity contribution in [1.82, 2.24) is 4.90 Å². The Kier molecular flexibility index (Phi) is 3.29. The van der Waals surface area contributed by atoms with Gasteiger partial charge >= 0.3 is 0 Å². The lowest BCUT2D eigenvalue weighted by Gasteiger charge is -2.29. The van der Waals surface area contributed by atoms with Gasteiger partial charge in [-0.1, -0.05) is 43.3 Å². The first-order chi connectivity index (χ1) is 9.26. The summed E-state index contributed by atoms with van der Waals surface area (Å²) in [7, 11) is 0. The predicted octanol–water partition coefficient (Wildman–Crippen LogP) is 3.45. The molecule has 2 heteroatoms. The second kappa shape index (κ2) is 4.95. The number of benzene rings is 2. The molecule has 2 nitrogen and oxygen atoms in total. The van der Waals surface area contributed by atoms with Crippen LogP contribution in [-0.4, -0.2) is 17.5 Å². The Labute approximate surface area is 115 Å². The summed E-state index contributed by atoms with van der Waals surface area (Å²) in [5, 5.41) is 2.73. The van der Waals surface area contributed by atoms with Crippen LogP contribution < -0.4 is 5.73 Å². The first-order valence-corrected chi connectivity index (χ1v) is 7.22. The summed E-state index contributed by atoms with van der Waals surface area (Å²) in [6.45, 7) is 6.29. The molecule has 0 fully saturated rings. The van der Waals surface area contributed by atoms with Gasteiger partial charge in [-0.2, -0.15) is 0 Å². The minimum absolute atomic E-state index is 0.384. The van der Waals surface area contributed by atoms with Gasteiger partial charge in [-0.05, 0) is 35.2 Å². The van der Waals surface area contributed by atoms with Gasteiger partial charge in [0.05, 0.1) is 0 Å². The Bertz CT molecular complexity index is 591. The standard InChI is InChI=1S/C17H22N2/c1-3-12(2)19-11-16-14-7-5-4-6-13(14)8-9-15(16)17(19)10-18/h4-9,12,17H,3,10-11,18H2,1-2H3. The van der Waals surface area contributed by atoms with Crippen molar-refractivity contribution in [2.24, 2.45) is 5.73 Å². The van der Waals surface area contributed by atoms with Crippen LogP contribution in [0, 0.1) is 0 Å². The van der Waals surface area contributed by atoms with Crippen molar-refractivity contribution < 1.29 is 0 Å². The van der Waals surface area contributed by atoms with Crippen LogP contribution in [0.4, 0.5) is 0 Å². The molecular formula is C17H22N2. The van der Waals surface area contributed by atoms with Gasteiger partial charge in [0.15, 0.2) is 0 Å². The second-order valence-electron chi connectivity index (χ2n) is 5.54. The fourth-order valence-corrected chi connectivity index (χ4v) is 3.27. The third kappa shape index (κ3) is 1.96. The zero-order valence-corrected chi connectivity index (χ0v) is 11.8. The van der Waals surface area contributed by atoms with E-state index in [1.54, 1.807) is 0 Å². The Morgan fingerprint density at radius 2 is 2.05 bits per heavy atom. The summed E-state index contributed by atoms with van der Waals surface area (Å²) in [4.78, 5) is 2.55. The summed E-state index contributed by atoms with van der Waals surface area (Å²) in [6, 6.07) is 14.1. The van der Waals surface area contributed by atoms with E-state index in [4.69, 9.17) is 5.73 Å². The highest BCUT2D eigenvalue weighted by atomic mass is 15.2. The van der Waals surface area contributed by atoms with E-state index in [0.29, 0.717) is 18.6 Å². The van der Waals surface area contributed by atoms with E-state index in [9.17, 15) is 0 Å². The molecule has 100 valence electrons. The first-order valence-electron chi connectivity index (χ1n) is 7.22. The van der Waals surface area contributed by atoms with E-state index in [0.717, 1.165) is 6.54 Å². The SMILES string of the molecule is CCC(C)N1Cc2c(ccc3ccccc23)C1CN. The van der Waals surface area contributed by atoms with Crippen LogP contribution in [0.1, 0.15) is 37.4 Å². The number of rotatable bonds is 3. The molecule has 0 radical (unpaired) electrons. The quantitative estimate of drug-likeness (QED) is 0.909. The maximum atomic E-state index is 6.03. The molecule has 1 aliphatic rings. The van der Waals surface area contributed by atoms with Crippen molar-refractivity contribution in [1.29, 1.82) is 0 Å². The van der Waals surface area contributed by atoms with Crippen LogP contribution in [-0.2, 0) is 6.54 Å². The maximum absolute atomic E-state index is 6.03. The number of hydrogen-bond donors (Lipinski definition) is 1. The summed E-state index contributed by atoms with van der Waals surface area (Å²) < 4.78 is 0. The third-order valence-electron chi connectivity index (χ3n) is 4.56. The molecule has 0 spiro atoms. The first kappa shape index (κ1) is 12.6. The number of nitrogens with zero attached hydrogens (tertiary/aromatic N) is 1. The molecule has 3 rings (SSSR count). The molecule has 2 unspecified atom stereocenters. The van der Waals surface area contributed by atoms with Crippen molar-refractivity contribution in [2.75, 3.05) is 6.54 Å². The molecule has 0 bridgehead atoms. The lowest BCUT2D eigenvalue weighted by Crippen LogP contribution is -2.34. The van der Waals surface area contributed by atoms with Crippen LogP contribution in [0.25, 0.3) is 10.8 Å². The van der Waals surface area contributed by atoms with E-state index in [1.165, 1.54) is 28.3 Å². The summed E-state index contributed by atoms with van der Waals surface area (Å²) >= 11 is 0. The average Bonchev–Trinajstić information content (AvgIpc) is 2.85. The predicted molar refractivity (Wildman–Crippen MR) is 81.0 cm³/mol. The van der Waals surface area contributed by atoms with E-state index in [2.05, 4.69) is 55.1 Å². The molecule has 19 heavy (non-hydrogen) atoms. The molecular weight excluding hydrogens is 232 g/mol. The maximum Gasteiger partial charge on any atom is 0.0480 e. The normalized spacial score (nSPS) is 20.7. The molecule has 0 saturated carbocycles. The molecule has 0 aromatic heterocycles. The minimum atomic E-state index is 0.384. The van der Waals surface area contributed by atoms with Gasteiger partial charge in [0, 0.05) is 25.2 Å². The van der Waals surface area contributed by atoms with Crippen molar-refractivity contribution >= 4 is 10.8 Å². The Balaban J connectivity index is 2.12. The molecule has 1 heterocycles. The average molecular weight is 254 g/mol. The van der Waals surface area contributed by atoms with E-state index in [-0.39, 0.29) is 0 Å². The molecule has 2 N–H and O–H groups in total. The smallest absolute Gasteiger partial charge is 0.0480 e. The van der Waals surface area contributed by atoms with E-state index in [1.807, 2.05) is 0 Å². The topological polar surface area (TPSA) is 29.3 Å². The summed E-state index contributed by atoms with van der Waals surface area (Å²) in [5.41, 5.74) is 8.95. The minimum Gasteiger partial charge on any atom is -0.329 e. The van der Waals surface area contributed by atoms with Gasteiger partial charge in [0.2, 0.25) is 0 Å². The fourth-order valence-electron chi connectivity index (χ4n) is 3.27. The highest BCUT2D eigenvalue weighted by Gasteiger charge is 2.32. The number of hydrogen-bond acceptors (Lipinski definition) is 2. The van der Waals surface area contributed by atoms with Crippen LogP contribution in [0.3, 0.4) is 0 Å². The van der Waals surface area contributed by atoms with Crippen LogP contribution >= 0.6 is 0 Å². The number of nitrogens with two attached hydrogens (primary N) is 1. The Hall–Kier alpha value is -1.38. The summed E-state index contributed by atoms with van der Waals surface area (Å²) in [6.07, 6.45) is 1.17. The molecule has 2 atom stereocenters. The molecule has 1 aliphatic heterocycles. The van der Waals surface area contributed by atoms with Gasteiger partial charge in [0.25, 0.3) is 0 Å². The molecule has 2 aromatic rings. The molecule has 0 aliphatic carbocycles. The van der Waals surface area contributed by atoms with Gasteiger partial charge < -0.3 is 5.73 Å². The van der Waals surface area contributed by atoms with Crippen molar-refractivity contribution in [2.45, 2.75) is 38.9 Å². The molecule has 2 aromatic carbocycles. The Morgan fingerprint density at radius 3 is 2.79 bits per heavy atom. The second-order valence-corrected chi connectivity index (χ2v) is 5.54. The monoisotopic (exact) mass is 254 g/mol. The summed E-state index contributed by atoms with van der Waals surface area (Å²) in [5.74, 6) is 0. The van der Waals surface area contributed by atoms with Crippen LogP contribution in [0.15, 0.2) is 36.4 Å². The lowest BCUT2D eigenvalue weighted by molar-refractivity contribution is 0.157. The third-order valence-corrected chi connectivity index (χ3v) is 4.56. The van der Waals surface area contributed by atoms with Crippen molar-refractivity contribution in [3.63, 3.8) is 0 Å². The van der Waals surface area contributed by atoms with Gasteiger partial charge in [-0.15, -0.1) is 0 Å².